The molecule has 0 unspecified atom stereocenters. The van der Waals surface area contributed by atoms with Gasteiger partial charge in [-0.15, -0.1) is 12.4 Å². The van der Waals surface area contributed by atoms with E-state index < -0.39 is 5.91 Å². The lowest BCUT2D eigenvalue weighted by Crippen LogP contribution is -2.27. The van der Waals surface area contributed by atoms with Crippen LogP contribution in [0.4, 0.5) is 5.82 Å². The highest BCUT2D eigenvalue weighted by atomic mass is 35.5. The summed E-state index contributed by atoms with van der Waals surface area (Å²) in [5.41, 5.74) is 2.11. The first-order chi connectivity index (χ1) is 13.2. The summed E-state index contributed by atoms with van der Waals surface area (Å²) < 4.78 is 0. The van der Waals surface area contributed by atoms with E-state index in [0.717, 1.165) is 31.2 Å². The fraction of sp³-hybridized carbons (Fsp3) is 0.650. The second-order valence-electron chi connectivity index (χ2n) is 7.71. The zero-order valence-corrected chi connectivity index (χ0v) is 17.2. The van der Waals surface area contributed by atoms with Crippen molar-refractivity contribution in [1.29, 1.82) is 0 Å². The zero-order chi connectivity index (χ0) is 18.9. The molecular weight excluding hydrogens is 378 g/mol. The van der Waals surface area contributed by atoms with Gasteiger partial charge in [-0.05, 0) is 37.8 Å². The van der Waals surface area contributed by atoms with Gasteiger partial charge < -0.3 is 10.2 Å². The van der Waals surface area contributed by atoms with Gasteiger partial charge in [-0.25, -0.2) is 10.5 Å². The standard InChI is InChI=1S/C20H31N5O2.ClH/c26-20(24-27)9-8-17-13-22-19(14-21-17)23-18-10-12-25(15-18)11-4-7-16-5-2-1-3-6-16;/h8-9,13-14,16,18,27H,1-7,10-12,15H2,(H,22,23)(H,24,26);1H/b9-8+;/t18-;/m1./s1. The Kier molecular flexibility index (Phi) is 9.67. The molecule has 0 spiro atoms. The molecule has 2 heterocycles. The summed E-state index contributed by atoms with van der Waals surface area (Å²) in [6.07, 6.45) is 17.0. The molecule has 3 rings (SSSR count). The van der Waals surface area contributed by atoms with E-state index in [4.69, 9.17) is 5.21 Å². The first kappa shape index (κ1) is 22.6. The maximum atomic E-state index is 11.0. The third-order valence-electron chi connectivity index (χ3n) is 5.62. The van der Waals surface area contributed by atoms with Crippen LogP contribution in [0.5, 0.6) is 0 Å². The minimum absolute atomic E-state index is 0. The van der Waals surface area contributed by atoms with Gasteiger partial charge in [0.05, 0.1) is 18.1 Å². The molecule has 7 nitrogen and oxygen atoms in total. The van der Waals surface area contributed by atoms with Crippen LogP contribution in [0.15, 0.2) is 18.5 Å². The van der Waals surface area contributed by atoms with Crippen LogP contribution in [0.25, 0.3) is 6.08 Å². The molecule has 1 atom stereocenters. The number of halogens is 1. The van der Waals surface area contributed by atoms with Crippen molar-refractivity contribution in [3.8, 4) is 0 Å². The maximum absolute atomic E-state index is 11.0. The van der Waals surface area contributed by atoms with Crippen molar-refractivity contribution in [2.45, 2.75) is 57.4 Å². The third-order valence-corrected chi connectivity index (χ3v) is 5.62. The summed E-state index contributed by atoms with van der Waals surface area (Å²) in [7, 11) is 0. The van der Waals surface area contributed by atoms with Crippen LogP contribution in [0.3, 0.4) is 0 Å². The van der Waals surface area contributed by atoms with Crippen LogP contribution < -0.4 is 10.8 Å². The van der Waals surface area contributed by atoms with E-state index in [1.165, 1.54) is 63.6 Å². The van der Waals surface area contributed by atoms with Gasteiger partial charge in [-0.1, -0.05) is 32.1 Å². The van der Waals surface area contributed by atoms with Gasteiger partial charge in [0.2, 0.25) is 0 Å². The molecule has 0 aromatic carbocycles. The number of likely N-dealkylation sites (tertiary alicyclic amines) is 1. The molecular formula is C20H32ClN5O2. The average molecular weight is 410 g/mol. The number of amides is 1. The number of hydrogen-bond acceptors (Lipinski definition) is 6. The van der Waals surface area contributed by atoms with Gasteiger partial charge in [0, 0.05) is 25.2 Å². The summed E-state index contributed by atoms with van der Waals surface area (Å²) in [5.74, 6) is 1.14. The number of carbonyl (C=O) groups excluding carboxylic acids is 1. The Bertz CT molecular complexity index is 620. The van der Waals surface area contributed by atoms with Crippen LogP contribution in [0.1, 0.15) is 57.1 Å². The Morgan fingerprint density at radius 3 is 2.75 bits per heavy atom. The highest BCUT2D eigenvalue weighted by Gasteiger charge is 2.22. The van der Waals surface area contributed by atoms with E-state index in [1.54, 1.807) is 17.9 Å². The first-order valence-electron chi connectivity index (χ1n) is 10.2. The van der Waals surface area contributed by atoms with Gasteiger partial charge >= 0.3 is 0 Å². The van der Waals surface area contributed by atoms with Crippen LogP contribution in [-0.2, 0) is 4.79 Å². The van der Waals surface area contributed by atoms with E-state index in [0.29, 0.717) is 11.7 Å². The molecule has 3 N–H and O–H groups in total. The van der Waals surface area contributed by atoms with Crippen molar-refractivity contribution < 1.29 is 10.0 Å². The fourth-order valence-corrected chi connectivity index (χ4v) is 4.14. The Labute approximate surface area is 173 Å². The monoisotopic (exact) mass is 409 g/mol. The number of hydroxylamine groups is 1. The Hall–Kier alpha value is -1.70. The lowest BCUT2D eigenvalue weighted by Gasteiger charge is -2.23. The molecule has 8 heteroatoms. The Morgan fingerprint density at radius 2 is 2.04 bits per heavy atom. The minimum Gasteiger partial charge on any atom is -0.365 e. The third kappa shape index (κ3) is 7.37. The lowest BCUT2D eigenvalue weighted by molar-refractivity contribution is -0.124. The van der Waals surface area contributed by atoms with Crippen LogP contribution in [0.2, 0.25) is 0 Å². The predicted octanol–water partition coefficient (Wildman–Crippen LogP) is 3.26. The SMILES string of the molecule is Cl.O=C(/C=C/c1cnc(N[C@@H]2CCN(CCCC3CCCCC3)C2)cn1)NO. The zero-order valence-electron chi connectivity index (χ0n) is 16.3. The summed E-state index contributed by atoms with van der Waals surface area (Å²) in [6.45, 7) is 3.41. The fourth-order valence-electron chi connectivity index (χ4n) is 4.14. The number of nitrogens with one attached hydrogen (secondary N) is 2. The molecule has 1 aliphatic carbocycles. The quantitative estimate of drug-likeness (QED) is 0.347. The molecule has 1 aliphatic heterocycles. The largest absolute Gasteiger partial charge is 0.365 e. The molecule has 2 fully saturated rings. The van der Waals surface area contributed by atoms with Crippen molar-refractivity contribution in [3.63, 3.8) is 0 Å². The van der Waals surface area contributed by atoms with Crippen molar-refractivity contribution >= 4 is 30.2 Å². The molecule has 1 aromatic rings. The highest BCUT2D eigenvalue weighted by molar-refractivity contribution is 5.90. The predicted molar refractivity (Wildman–Crippen MR) is 113 cm³/mol. The average Bonchev–Trinajstić information content (AvgIpc) is 3.15. The molecule has 2 aliphatic rings. The lowest BCUT2D eigenvalue weighted by atomic mass is 9.86. The van der Waals surface area contributed by atoms with E-state index >= 15 is 0 Å². The van der Waals surface area contributed by atoms with Crippen molar-refractivity contribution in [3.05, 3.63) is 24.2 Å². The summed E-state index contributed by atoms with van der Waals surface area (Å²) in [5, 5.41) is 11.9. The van der Waals surface area contributed by atoms with Gasteiger partial charge in [0.1, 0.15) is 5.82 Å². The highest BCUT2D eigenvalue weighted by Crippen LogP contribution is 2.27. The van der Waals surface area contributed by atoms with Crippen molar-refractivity contribution in [2.24, 2.45) is 5.92 Å². The first-order valence-corrected chi connectivity index (χ1v) is 10.2. The Morgan fingerprint density at radius 1 is 1.21 bits per heavy atom. The summed E-state index contributed by atoms with van der Waals surface area (Å²) >= 11 is 0. The smallest absolute Gasteiger partial charge is 0.267 e. The number of anilines is 1. The van der Waals surface area contributed by atoms with Gasteiger partial charge in [0.25, 0.3) is 5.91 Å². The van der Waals surface area contributed by atoms with Crippen molar-refractivity contribution in [1.82, 2.24) is 20.3 Å². The van der Waals surface area contributed by atoms with Gasteiger partial charge in [-0.3, -0.25) is 15.0 Å². The topological polar surface area (TPSA) is 90.4 Å². The maximum Gasteiger partial charge on any atom is 0.267 e. The molecule has 0 radical (unpaired) electrons. The molecule has 1 saturated carbocycles. The van der Waals surface area contributed by atoms with Crippen LogP contribution >= 0.6 is 12.4 Å². The number of nitrogens with zero attached hydrogens (tertiary/aromatic N) is 3. The molecule has 0 bridgehead atoms. The second kappa shape index (κ2) is 12.0. The second-order valence-corrected chi connectivity index (χ2v) is 7.71. The summed E-state index contributed by atoms with van der Waals surface area (Å²) in [6, 6.07) is 0.413. The molecule has 156 valence electrons. The normalized spacial score (nSPS) is 20.8. The Balaban J connectivity index is 0.00000280. The molecule has 1 amide bonds. The summed E-state index contributed by atoms with van der Waals surface area (Å²) in [4.78, 5) is 22.1. The molecule has 28 heavy (non-hydrogen) atoms. The van der Waals surface area contributed by atoms with E-state index in [2.05, 4.69) is 20.2 Å². The number of aromatic nitrogens is 2. The van der Waals surface area contributed by atoms with Crippen LogP contribution in [0, 0.1) is 5.92 Å². The van der Waals surface area contributed by atoms with Crippen LogP contribution in [-0.4, -0.2) is 51.7 Å². The number of carbonyl (C=O) groups is 1. The number of hydrogen-bond donors (Lipinski definition) is 3. The molecule has 1 saturated heterocycles. The van der Waals surface area contributed by atoms with E-state index in [9.17, 15) is 4.79 Å². The van der Waals surface area contributed by atoms with Gasteiger partial charge in [0.15, 0.2) is 0 Å². The van der Waals surface area contributed by atoms with Crippen molar-refractivity contribution in [2.75, 3.05) is 25.0 Å². The number of rotatable bonds is 8. The molecule has 1 aromatic heterocycles. The van der Waals surface area contributed by atoms with E-state index in [-0.39, 0.29) is 12.4 Å². The van der Waals surface area contributed by atoms with E-state index in [1.807, 2.05) is 0 Å². The van der Waals surface area contributed by atoms with Gasteiger partial charge in [-0.2, -0.15) is 0 Å². The minimum atomic E-state index is -0.589.